The summed E-state index contributed by atoms with van der Waals surface area (Å²) >= 11 is 4.92. The zero-order valence-corrected chi connectivity index (χ0v) is 10.5. The number of nitrogens with zero attached hydrogens (tertiary/aromatic N) is 1. The summed E-state index contributed by atoms with van der Waals surface area (Å²) in [4.78, 5) is 19.1. The summed E-state index contributed by atoms with van der Waals surface area (Å²) in [6.07, 6.45) is 6.46. The van der Waals surface area contributed by atoms with Gasteiger partial charge >= 0.3 is 0 Å². The standard InChI is InChI=1S/C10H8BrN3OS/c11-8-3-1-7(16-8)2-4-9(15)14-10-12-5-6-13-10/h1-6H,(H2,12,13,14,15). The molecule has 0 spiro atoms. The van der Waals surface area contributed by atoms with Crippen molar-refractivity contribution in [2.75, 3.05) is 5.32 Å². The molecule has 2 rings (SSSR count). The van der Waals surface area contributed by atoms with Crippen LogP contribution >= 0.6 is 27.3 Å². The number of thiophene rings is 1. The van der Waals surface area contributed by atoms with E-state index in [0.29, 0.717) is 5.95 Å². The predicted molar refractivity (Wildman–Crippen MR) is 68.3 cm³/mol. The molecule has 2 aromatic heterocycles. The summed E-state index contributed by atoms with van der Waals surface area (Å²) < 4.78 is 1.04. The Morgan fingerprint density at radius 3 is 3.06 bits per heavy atom. The van der Waals surface area contributed by atoms with Crippen molar-refractivity contribution in [3.8, 4) is 0 Å². The van der Waals surface area contributed by atoms with Gasteiger partial charge in [-0.2, -0.15) is 0 Å². The second kappa shape index (κ2) is 5.09. The third-order valence-corrected chi connectivity index (χ3v) is 3.32. The van der Waals surface area contributed by atoms with E-state index in [9.17, 15) is 4.79 Å². The Morgan fingerprint density at radius 2 is 2.44 bits per heavy atom. The van der Waals surface area contributed by atoms with Crippen molar-refractivity contribution in [1.29, 1.82) is 0 Å². The Morgan fingerprint density at radius 1 is 1.56 bits per heavy atom. The van der Waals surface area contributed by atoms with Gasteiger partial charge in [0.2, 0.25) is 5.95 Å². The molecule has 2 heterocycles. The minimum absolute atomic E-state index is 0.209. The molecule has 0 saturated carbocycles. The number of carbonyl (C=O) groups is 1. The number of aromatic amines is 1. The summed E-state index contributed by atoms with van der Waals surface area (Å²) in [7, 11) is 0. The highest BCUT2D eigenvalue weighted by atomic mass is 79.9. The first-order chi connectivity index (χ1) is 7.74. The molecule has 82 valence electrons. The van der Waals surface area contributed by atoms with Crippen LogP contribution in [0.2, 0.25) is 0 Å². The third-order valence-electron chi connectivity index (χ3n) is 1.73. The highest BCUT2D eigenvalue weighted by Gasteiger charge is 1.99. The smallest absolute Gasteiger partial charge is 0.250 e. The minimum Gasteiger partial charge on any atom is -0.331 e. The fourth-order valence-corrected chi connectivity index (χ4v) is 2.39. The van der Waals surface area contributed by atoms with Crippen LogP contribution in [0.25, 0.3) is 6.08 Å². The van der Waals surface area contributed by atoms with Crippen molar-refractivity contribution in [2.45, 2.75) is 0 Å². The maximum atomic E-state index is 11.4. The van der Waals surface area contributed by atoms with E-state index in [4.69, 9.17) is 0 Å². The number of rotatable bonds is 3. The highest BCUT2D eigenvalue weighted by molar-refractivity contribution is 9.11. The summed E-state index contributed by atoms with van der Waals surface area (Å²) in [5.41, 5.74) is 0. The molecule has 2 aromatic rings. The SMILES string of the molecule is O=C(C=Cc1ccc(Br)s1)Nc1ncc[nH]1. The molecule has 2 N–H and O–H groups in total. The first kappa shape index (κ1) is 11.1. The molecule has 0 fully saturated rings. The molecule has 16 heavy (non-hydrogen) atoms. The molecule has 0 aliphatic heterocycles. The summed E-state index contributed by atoms with van der Waals surface area (Å²) in [6, 6.07) is 3.88. The monoisotopic (exact) mass is 297 g/mol. The second-order valence-electron chi connectivity index (χ2n) is 2.90. The van der Waals surface area contributed by atoms with Crippen molar-refractivity contribution >= 4 is 45.2 Å². The molecule has 0 aliphatic rings. The van der Waals surface area contributed by atoms with Gasteiger partial charge in [-0.25, -0.2) is 4.98 Å². The third kappa shape index (κ3) is 3.04. The Hall–Kier alpha value is -1.40. The van der Waals surface area contributed by atoms with E-state index in [1.165, 1.54) is 6.08 Å². The van der Waals surface area contributed by atoms with Crippen LogP contribution in [0.15, 0.2) is 34.4 Å². The molecule has 0 saturated heterocycles. The first-order valence-corrected chi connectivity index (χ1v) is 6.09. The number of carbonyl (C=O) groups excluding carboxylic acids is 1. The largest absolute Gasteiger partial charge is 0.331 e. The Labute approximate surface area is 105 Å². The number of imidazole rings is 1. The van der Waals surface area contributed by atoms with Crippen LogP contribution < -0.4 is 5.32 Å². The maximum absolute atomic E-state index is 11.4. The molecular weight excluding hydrogens is 290 g/mol. The number of anilines is 1. The lowest BCUT2D eigenvalue weighted by molar-refractivity contribution is -0.111. The quantitative estimate of drug-likeness (QED) is 0.856. The van der Waals surface area contributed by atoms with Crippen molar-refractivity contribution < 1.29 is 4.79 Å². The van der Waals surface area contributed by atoms with Gasteiger partial charge in [0.05, 0.1) is 3.79 Å². The van der Waals surface area contributed by atoms with Crippen molar-refractivity contribution in [2.24, 2.45) is 0 Å². The second-order valence-corrected chi connectivity index (χ2v) is 5.40. The van der Waals surface area contributed by atoms with Gasteiger partial charge in [-0.15, -0.1) is 11.3 Å². The van der Waals surface area contributed by atoms with Gasteiger partial charge in [-0.05, 0) is 34.1 Å². The summed E-state index contributed by atoms with van der Waals surface area (Å²) in [5.74, 6) is 0.237. The van der Waals surface area contributed by atoms with E-state index < -0.39 is 0 Å². The number of aromatic nitrogens is 2. The lowest BCUT2D eigenvalue weighted by Gasteiger charge is -1.94. The van der Waals surface area contributed by atoms with Crippen LogP contribution in [0, 0.1) is 0 Å². The average Bonchev–Trinajstić information content (AvgIpc) is 2.87. The number of halogens is 1. The minimum atomic E-state index is -0.209. The van der Waals surface area contributed by atoms with Crippen LogP contribution in [0.1, 0.15) is 4.88 Å². The van der Waals surface area contributed by atoms with E-state index in [1.807, 2.05) is 12.1 Å². The number of H-pyrrole nitrogens is 1. The molecule has 0 aromatic carbocycles. The van der Waals surface area contributed by atoms with Crippen LogP contribution in [0.3, 0.4) is 0 Å². The Bertz CT molecular complexity index is 504. The predicted octanol–water partition coefficient (Wildman–Crippen LogP) is 2.89. The van der Waals surface area contributed by atoms with Crippen LogP contribution in [0.5, 0.6) is 0 Å². The lowest BCUT2D eigenvalue weighted by Crippen LogP contribution is -2.08. The van der Waals surface area contributed by atoms with Crippen LogP contribution in [-0.2, 0) is 4.79 Å². The summed E-state index contributed by atoms with van der Waals surface area (Å²) in [5, 5.41) is 2.60. The van der Waals surface area contributed by atoms with E-state index in [-0.39, 0.29) is 5.91 Å². The molecule has 4 nitrogen and oxygen atoms in total. The molecular formula is C10H8BrN3OS. The van der Waals surface area contributed by atoms with E-state index >= 15 is 0 Å². The first-order valence-electron chi connectivity index (χ1n) is 4.48. The molecule has 0 atom stereocenters. The Balaban J connectivity index is 1.94. The van der Waals surface area contributed by atoms with Gasteiger partial charge in [0, 0.05) is 23.3 Å². The zero-order chi connectivity index (χ0) is 11.4. The van der Waals surface area contributed by atoms with E-state index in [1.54, 1.807) is 29.8 Å². The molecule has 0 bridgehead atoms. The topological polar surface area (TPSA) is 57.8 Å². The maximum Gasteiger partial charge on any atom is 0.250 e. The highest BCUT2D eigenvalue weighted by Crippen LogP contribution is 2.22. The van der Waals surface area contributed by atoms with Gasteiger partial charge in [0.25, 0.3) is 5.91 Å². The van der Waals surface area contributed by atoms with Crippen molar-refractivity contribution in [3.63, 3.8) is 0 Å². The molecule has 6 heteroatoms. The number of hydrogen-bond donors (Lipinski definition) is 2. The van der Waals surface area contributed by atoms with Gasteiger partial charge < -0.3 is 4.98 Å². The lowest BCUT2D eigenvalue weighted by atomic mass is 10.4. The molecule has 0 radical (unpaired) electrons. The van der Waals surface area contributed by atoms with Gasteiger partial charge in [-0.3, -0.25) is 10.1 Å². The normalized spacial score (nSPS) is 10.8. The molecule has 1 amide bonds. The van der Waals surface area contributed by atoms with Crippen molar-refractivity contribution in [3.05, 3.63) is 39.3 Å². The number of nitrogens with one attached hydrogen (secondary N) is 2. The average molecular weight is 298 g/mol. The zero-order valence-electron chi connectivity index (χ0n) is 8.11. The molecule has 0 aliphatic carbocycles. The molecule has 0 unspecified atom stereocenters. The van der Waals surface area contributed by atoms with E-state index in [0.717, 1.165) is 8.66 Å². The van der Waals surface area contributed by atoms with Crippen molar-refractivity contribution in [1.82, 2.24) is 9.97 Å². The van der Waals surface area contributed by atoms with Gasteiger partial charge in [0.15, 0.2) is 0 Å². The Kier molecular flexibility index (Phi) is 3.53. The fourth-order valence-electron chi connectivity index (χ4n) is 1.07. The van der Waals surface area contributed by atoms with Gasteiger partial charge in [-0.1, -0.05) is 0 Å². The summed E-state index contributed by atoms with van der Waals surface area (Å²) in [6.45, 7) is 0. The fraction of sp³-hybridized carbons (Fsp3) is 0. The number of amides is 1. The van der Waals surface area contributed by atoms with E-state index in [2.05, 4.69) is 31.2 Å². The van der Waals surface area contributed by atoms with Crippen LogP contribution in [-0.4, -0.2) is 15.9 Å². The van der Waals surface area contributed by atoms with Crippen LogP contribution in [0.4, 0.5) is 5.95 Å². The number of hydrogen-bond acceptors (Lipinski definition) is 3. The van der Waals surface area contributed by atoms with Gasteiger partial charge in [0.1, 0.15) is 0 Å².